The van der Waals surface area contributed by atoms with Gasteiger partial charge in [0.05, 0.1) is 5.39 Å². The number of benzene rings is 13. The quantitative estimate of drug-likeness (QED) is 0.148. The molecule has 0 aliphatic rings. The summed E-state index contributed by atoms with van der Waals surface area (Å²) < 4.78 is 13.1. The summed E-state index contributed by atoms with van der Waals surface area (Å²) in [5, 5.41) is 13.4. The molecule has 3 heterocycles. The summed E-state index contributed by atoms with van der Waals surface area (Å²) >= 11 is 0. The Morgan fingerprint density at radius 3 is 1.22 bits per heavy atom. The molecule has 362 valence electrons. The van der Waals surface area contributed by atoms with E-state index in [0.717, 1.165) is 126 Å². The zero-order valence-corrected chi connectivity index (χ0v) is 41.9. The largest absolute Gasteiger partial charge is 0.456 e. The molecule has 0 fully saturated rings. The maximum absolute atomic E-state index is 6.63. The topological polar surface area (TPSA) is 77.8 Å². The predicted molar refractivity (Wildman–Crippen MR) is 320 cm³/mol. The van der Waals surface area contributed by atoms with Crippen LogP contribution in [-0.2, 0) is 0 Å². The number of nitrogens with zero attached hydrogens (tertiary/aromatic N) is 4. The molecule has 16 aromatic rings. The Morgan fingerprint density at radius 2 is 0.667 bits per heavy atom. The van der Waals surface area contributed by atoms with Crippen molar-refractivity contribution in [1.29, 1.82) is 0 Å². The van der Waals surface area contributed by atoms with E-state index in [2.05, 4.69) is 206 Å². The van der Waals surface area contributed by atoms with E-state index in [-0.39, 0.29) is 0 Å². The second kappa shape index (κ2) is 17.5. The van der Waals surface area contributed by atoms with E-state index in [4.69, 9.17) is 28.8 Å². The highest BCUT2D eigenvalue weighted by Gasteiger charge is 2.23. The highest BCUT2D eigenvalue weighted by molar-refractivity contribution is 6.20. The molecule has 78 heavy (non-hydrogen) atoms. The lowest BCUT2D eigenvalue weighted by molar-refractivity contribution is 0.622. The Morgan fingerprint density at radius 1 is 0.244 bits per heavy atom. The summed E-state index contributed by atoms with van der Waals surface area (Å²) in [4.78, 5) is 21.2. The van der Waals surface area contributed by atoms with Crippen LogP contribution in [0.3, 0.4) is 0 Å². The van der Waals surface area contributed by atoms with Crippen LogP contribution in [0.4, 0.5) is 0 Å². The number of hydrogen-bond acceptors (Lipinski definition) is 6. The molecule has 0 saturated heterocycles. The Labute approximate surface area is 447 Å². The number of rotatable bonds is 7. The highest BCUT2D eigenvalue weighted by Crippen LogP contribution is 2.44. The Hall–Kier alpha value is -10.6. The zero-order chi connectivity index (χ0) is 51.3. The maximum Gasteiger partial charge on any atom is 0.227 e. The molecule has 13 aromatic carbocycles. The molecule has 6 nitrogen and oxygen atoms in total. The van der Waals surface area contributed by atoms with Gasteiger partial charge >= 0.3 is 0 Å². The van der Waals surface area contributed by atoms with E-state index < -0.39 is 0 Å². The van der Waals surface area contributed by atoms with E-state index in [1.54, 1.807) is 0 Å². The van der Waals surface area contributed by atoms with Gasteiger partial charge in [0.1, 0.15) is 16.7 Å². The van der Waals surface area contributed by atoms with Gasteiger partial charge in [0.2, 0.25) is 5.89 Å². The molecule has 0 unspecified atom stereocenters. The van der Waals surface area contributed by atoms with Crippen molar-refractivity contribution in [3.63, 3.8) is 0 Å². The molecule has 0 atom stereocenters. The third-order valence-corrected chi connectivity index (χ3v) is 15.6. The van der Waals surface area contributed by atoms with Gasteiger partial charge in [-0.3, -0.25) is 0 Å². The van der Waals surface area contributed by atoms with Crippen LogP contribution in [0.5, 0.6) is 0 Å². The summed E-state index contributed by atoms with van der Waals surface area (Å²) in [7, 11) is 0. The molecule has 0 aliphatic heterocycles. The fourth-order valence-corrected chi connectivity index (χ4v) is 11.9. The summed E-state index contributed by atoms with van der Waals surface area (Å²) in [6.07, 6.45) is 0. The predicted octanol–water partition coefficient (Wildman–Crippen LogP) is 19.3. The van der Waals surface area contributed by atoms with E-state index in [0.29, 0.717) is 23.4 Å². The number of furan rings is 1. The van der Waals surface area contributed by atoms with E-state index in [1.165, 1.54) is 16.2 Å². The summed E-state index contributed by atoms with van der Waals surface area (Å²) in [6, 6.07) is 89.5. The average molecular weight is 995 g/mol. The first-order valence-corrected chi connectivity index (χ1v) is 26.3. The Kier molecular flexibility index (Phi) is 9.84. The lowest BCUT2D eigenvalue weighted by Crippen LogP contribution is -2.01. The van der Waals surface area contributed by atoms with Gasteiger partial charge in [-0.15, -0.1) is 0 Å². The van der Waals surface area contributed by atoms with Gasteiger partial charge in [-0.1, -0.05) is 218 Å². The number of aromatic nitrogens is 4. The molecular weight excluding hydrogens is 953 g/mol. The third-order valence-electron chi connectivity index (χ3n) is 15.6. The molecule has 6 heteroatoms. The Bertz CT molecular complexity index is 4940. The molecule has 0 saturated carbocycles. The van der Waals surface area contributed by atoms with Gasteiger partial charge < -0.3 is 8.83 Å². The van der Waals surface area contributed by atoms with Crippen molar-refractivity contribution in [2.45, 2.75) is 0 Å². The standard InChI is InChI=1S/C72H42N4O2/c1-2-16-47(17-3-1)72-73-67-61(42-65-66(68(67)78-72)60-28-14-15-29-64(60)77-65)45-32-30-43(31-33-45)52-38-39-53(57-25-9-8-24-56(52)57)44-34-36-46(37-35-44)69-74-70(62-40-48-18-4-6-20-50(48)54-22-10-12-26-58(54)62)76-71(75-69)63-41-49-19-5-7-21-51(49)55-23-11-13-27-59(55)63/h1-42H. The van der Waals surface area contributed by atoms with E-state index in [9.17, 15) is 0 Å². The van der Waals surface area contributed by atoms with Gasteiger partial charge in [-0.05, 0) is 118 Å². The fourth-order valence-electron chi connectivity index (χ4n) is 11.9. The second-order valence-corrected chi connectivity index (χ2v) is 20.0. The summed E-state index contributed by atoms with van der Waals surface area (Å²) in [6.45, 7) is 0. The molecule has 0 spiro atoms. The highest BCUT2D eigenvalue weighted by atomic mass is 16.4. The molecule has 0 bridgehead atoms. The number of fused-ring (bicyclic) bond motifs is 12. The minimum Gasteiger partial charge on any atom is -0.456 e. The number of hydrogen-bond donors (Lipinski definition) is 0. The summed E-state index contributed by atoms with van der Waals surface area (Å²) in [5.74, 6) is 2.44. The SMILES string of the molecule is c1ccc(-c2nc3c(-c4ccc(-c5ccc(-c6ccc(-c7nc(-c8cc9ccccc9c9ccccc89)nc(-c8cc9ccccc9c9ccccc89)n7)cc6)c6ccccc56)cc4)cc4oc5ccccc5c4c3o2)cc1. The van der Waals surface area contributed by atoms with Crippen LogP contribution in [0.15, 0.2) is 264 Å². The van der Waals surface area contributed by atoms with Crippen molar-refractivity contribution in [2.75, 3.05) is 0 Å². The smallest absolute Gasteiger partial charge is 0.227 e. The van der Waals surface area contributed by atoms with Crippen molar-refractivity contribution in [3.8, 4) is 79.0 Å². The van der Waals surface area contributed by atoms with Gasteiger partial charge in [0.15, 0.2) is 23.1 Å². The zero-order valence-electron chi connectivity index (χ0n) is 41.9. The molecule has 0 aliphatic carbocycles. The van der Waals surface area contributed by atoms with Gasteiger partial charge in [0, 0.05) is 33.2 Å². The second-order valence-electron chi connectivity index (χ2n) is 20.0. The average Bonchev–Trinajstić information content (AvgIpc) is 4.33. The van der Waals surface area contributed by atoms with Gasteiger partial charge in [-0.25, -0.2) is 19.9 Å². The van der Waals surface area contributed by atoms with Crippen molar-refractivity contribution in [2.24, 2.45) is 0 Å². The van der Waals surface area contributed by atoms with Crippen LogP contribution in [0.1, 0.15) is 0 Å². The normalized spacial score (nSPS) is 11.8. The minimum atomic E-state index is 0.577. The molecule has 0 N–H and O–H groups in total. The molecular formula is C72H42N4O2. The maximum atomic E-state index is 6.63. The molecule has 0 radical (unpaired) electrons. The molecule has 0 amide bonds. The van der Waals surface area contributed by atoms with Crippen molar-refractivity contribution in [1.82, 2.24) is 19.9 Å². The van der Waals surface area contributed by atoms with Crippen molar-refractivity contribution < 1.29 is 8.83 Å². The van der Waals surface area contributed by atoms with Crippen molar-refractivity contribution in [3.05, 3.63) is 255 Å². The van der Waals surface area contributed by atoms with Crippen LogP contribution in [-0.4, -0.2) is 19.9 Å². The van der Waals surface area contributed by atoms with Crippen molar-refractivity contribution >= 4 is 86.9 Å². The lowest BCUT2D eigenvalue weighted by Gasteiger charge is -2.15. The van der Waals surface area contributed by atoms with Crippen LogP contribution >= 0.6 is 0 Å². The van der Waals surface area contributed by atoms with Crippen LogP contribution in [0.2, 0.25) is 0 Å². The van der Waals surface area contributed by atoms with Crippen LogP contribution < -0.4 is 0 Å². The minimum absolute atomic E-state index is 0.577. The lowest BCUT2D eigenvalue weighted by atomic mass is 9.91. The number of oxazole rings is 1. The van der Waals surface area contributed by atoms with Gasteiger partial charge in [0.25, 0.3) is 0 Å². The van der Waals surface area contributed by atoms with E-state index in [1.807, 2.05) is 48.5 Å². The third kappa shape index (κ3) is 7.04. The molecule has 16 rings (SSSR count). The van der Waals surface area contributed by atoms with Gasteiger partial charge in [-0.2, -0.15) is 0 Å². The fraction of sp³-hybridized carbons (Fsp3) is 0. The molecule has 3 aromatic heterocycles. The first-order valence-electron chi connectivity index (χ1n) is 26.3. The van der Waals surface area contributed by atoms with Crippen LogP contribution in [0.25, 0.3) is 166 Å². The first kappa shape index (κ1) is 43.8. The summed E-state index contributed by atoms with van der Waals surface area (Å²) in [5.41, 5.74) is 13.3. The number of para-hydroxylation sites is 1. The monoisotopic (exact) mass is 994 g/mol. The van der Waals surface area contributed by atoms with E-state index >= 15 is 0 Å². The first-order chi connectivity index (χ1) is 38.6. The van der Waals surface area contributed by atoms with Crippen LogP contribution in [0, 0.1) is 0 Å². The Balaban J connectivity index is 0.790.